The van der Waals surface area contributed by atoms with Gasteiger partial charge in [0.15, 0.2) is 5.65 Å². The highest BCUT2D eigenvalue weighted by atomic mass is 16.2. The second kappa shape index (κ2) is 3.56. The molecule has 0 fully saturated rings. The van der Waals surface area contributed by atoms with Gasteiger partial charge in [0, 0.05) is 13.2 Å². The van der Waals surface area contributed by atoms with Gasteiger partial charge >= 0.3 is 5.69 Å². The predicted octanol–water partition coefficient (Wildman–Crippen LogP) is -0.758. The highest BCUT2D eigenvalue weighted by molar-refractivity contribution is 5.75. The standard InChI is InChI=1S/C9H10N4O2/c1-10-8(14)6-13-9(15)12-5-3-2-4-7(12)11-13/h2-5H,6H2,1H3,(H,10,14). The number of nitrogens with one attached hydrogen (secondary N) is 1. The minimum atomic E-state index is -0.311. The molecule has 0 aliphatic rings. The molecule has 2 rings (SSSR count). The zero-order valence-electron chi connectivity index (χ0n) is 8.17. The second-order valence-corrected chi connectivity index (χ2v) is 3.04. The van der Waals surface area contributed by atoms with E-state index in [0.717, 1.165) is 4.68 Å². The van der Waals surface area contributed by atoms with Crippen molar-refractivity contribution < 1.29 is 4.79 Å². The fourth-order valence-corrected chi connectivity index (χ4v) is 1.29. The van der Waals surface area contributed by atoms with E-state index in [1.165, 1.54) is 11.4 Å². The second-order valence-electron chi connectivity index (χ2n) is 3.04. The van der Waals surface area contributed by atoms with Gasteiger partial charge in [0.1, 0.15) is 6.54 Å². The average Bonchev–Trinajstić information content (AvgIpc) is 2.57. The number of hydrogen-bond acceptors (Lipinski definition) is 3. The maximum Gasteiger partial charge on any atom is 0.350 e. The molecular weight excluding hydrogens is 196 g/mol. The number of aromatic nitrogens is 3. The smallest absolute Gasteiger partial charge is 0.350 e. The summed E-state index contributed by atoms with van der Waals surface area (Å²) in [5, 5.41) is 6.44. The van der Waals surface area contributed by atoms with Crippen LogP contribution in [0.15, 0.2) is 29.2 Å². The van der Waals surface area contributed by atoms with E-state index in [1.54, 1.807) is 24.4 Å². The lowest BCUT2D eigenvalue weighted by Gasteiger charge is -1.96. The SMILES string of the molecule is CNC(=O)Cn1nc2ccccn2c1=O. The van der Waals surface area contributed by atoms with E-state index >= 15 is 0 Å². The zero-order chi connectivity index (χ0) is 10.8. The van der Waals surface area contributed by atoms with E-state index in [1.807, 2.05) is 0 Å². The zero-order valence-corrected chi connectivity index (χ0v) is 8.17. The summed E-state index contributed by atoms with van der Waals surface area (Å²) in [4.78, 5) is 22.8. The van der Waals surface area contributed by atoms with Gasteiger partial charge in [-0.25, -0.2) is 9.48 Å². The molecule has 0 aromatic carbocycles. The largest absolute Gasteiger partial charge is 0.358 e. The third-order valence-electron chi connectivity index (χ3n) is 2.06. The number of likely N-dealkylation sites (N-methyl/N-ethyl adjacent to an activating group) is 1. The van der Waals surface area contributed by atoms with Gasteiger partial charge in [-0.2, -0.15) is 0 Å². The first kappa shape index (κ1) is 9.45. The molecule has 2 aromatic rings. The molecule has 78 valence electrons. The van der Waals surface area contributed by atoms with Crippen LogP contribution in [0.25, 0.3) is 5.65 Å². The van der Waals surface area contributed by atoms with Crippen molar-refractivity contribution in [3.8, 4) is 0 Å². The van der Waals surface area contributed by atoms with Crippen molar-refractivity contribution in [1.29, 1.82) is 0 Å². The van der Waals surface area contributed by atoms with Crippen LogP contribution >= 0.6 is 0 Å². The number of amides is 1. The number of carbonyl (C=O) groups is 1. The lowest BCUT2D eigenvalue weighted by Crippen LogP contribution is -2.30. The maximum absolute atomic E-state index is 11.7. The number of nitrogens with zero attached hydrogens (tertiary/aromatic N) is 3. The first-order chi connectivity index (χ1) is 7.22. The molecule has 0 saturated heterocycles. The Bertz CT molecular complexity index is 554. The van der Waals surface area contributed by atoms with Gasteiger partial charge in [0.2, 0.25) is 5.91 Å². The van der Waals surface area contributed by atoms with Gasteiger partial charge < -0.3 is 5.32 Å². The molecule has 0 unspecified atom stereocenters. The quantitative estimate of drug-likeness (QED) is 0.702. The fraction of sp³-hybridized carbons (Fsp3) is 0.222. The minimum Gasteiger partial charge on any atom is -0.358 e. The molecule has 1 N–H and O–H groups in total. The summed E-state index contributed by atoms with van der Waals surface area (Å²) in [5.74, 6) is -0.250. The van der Waals surface area contributed by atoms with E-state index in [-0.39, 0.29) is 18.1 Å². The first-order valence-electron chi connectivity index (χ1n) is 4.47. The van der Waals surface area contributed by atoms with E-state index in [0.29, 0.717) is 5.65 Å². The topological polar surface area (TPSA) is 68.4 Å². The van der Waals surface area contributed by atoms with E-state index in [4.69, 9.17) is 0 Å². The lowest BCUT2D eigenvalue weighted by atomic mass is 10.5. The van der Waals surface area contributed by atoms with Gasteiger partial charge in [-0.3, -0.25) is 9.20 Å². The summed E-state index contributed by atoms with van der Waals surface area (Å²) in [6.45, 7) is -0.0585. The van der Waals surface area contributed by atoms with Crippen LogP contribution in [0.5, 0.6) is 0 Å². The highest BCUT2D eigenvalue weighted by Crippen LogP contribution is 1.94. The van der Waals surface area contributed by atoms with Crippen molar-refractivity contribution in [2.75, 3.05) is 7.05 Å². The molecule has 0 spiro atoms. The lowest BCUT2D eigenvalue weighted by molar-refractivity contribution is -0.121. The third-order valence-corrected chi connectivity index (χ3v) is 2.06. The summed E-state index contributed by atoms with van der Waals surface area (Å²) >= 11 is 0. The van der Waals surface area contributed by atoms with Crippen molar-refractivity contribution >= 4 is 11.6 Å². The monoisotopic (exact) mass is 206 g/mol. The van der Waals surface area contributed by atoms with Crippen LogP contribution < -0.4 is 11.0 Å². The van der Waals surface area contributed by atoms with E-state index in [2.05, 4.69) is 10.4 Å². The molecule has 0 radical (unpaired) electrons. The first-order valence-corrected chi connectivity index (χ1v) is 4.47. The Morgan fingerprint density at radius 2 is 2.33 bits per heavy atom. The van der Waals surface area contributed by atoms with Crippen LogP contribution in [0.4, 0.5) is 0 Å². The molecular formula is C9H10N4O2. The van der Waals surface area contributed by atoms with Gasteiger partial charge in [-0.1, -0.05) is 6.07 Å². The molecule has 1 amide bonds. The maximum atomic E-state index is 11.7. The van der Waals surface area contributed by atoms with Crippen molar-refractivity contribution in [2.45, 2.75) is 6.54 Å². The summed E-state index contributed by atoms with van der Waals surface area (Å²) < 4.78 is 2.52. The summed E-state index contributed by atoms with van der Waals surface area (Å²) in [5.41, 5.74) is 0.223. The highest BCUT2D eigenvalue weighted by Gasteiger charge is 2.08. The van der Waals surface area contributed by atoms with Gasteiger partial charge in [0.25, 0.3) is 0 Å². The summed E-state index contributed by atoms with van der Waals surface area (Å²) in [6, 6.07) is 5.23. The number of pyridine rings is 1. The van der Waals surface area contributed by atoms with Crippen molar-refractivity contribution in [3.63, 3.8) is 0 Å². The number of fused-ring (bicyclic) bond motifs is 1. The van der Waals surface area contributed by atoms with Crippen LogP contribution in [0.1, 0.15) is 0 Å². The molecule has 2 aromatic heterocycles. The molecule has 0 saturated carbocycles. The molecule has 6 heteroatoms. The van der Waals surface area contributed by atoms with Gasteiger partial charge in [-0.15, -0.1) is 5.10 Å². The molecule has 15 heavy (non-hydrogen) atoms. The Morgan fingerprint density at radius 1 is 1.53 bits per heavy atom. The van der Waals surface area contributed by atoms with Gasteiger partial charge in [-0.05, 0) is 12.1 Å². The van der Waals surface area contributed by atoms with E-state index in [9.17, 15) is 9.59 Å². The number of carbonyl (C=O) groups excluding carboxylic acids is 1. The van der Waals surface area contributed by atoms with Crippen LogP contribution in [0.3, 0.4) is 0 Å². The molecule has 2 heterocycles. The van der Waals surface area contributed by atoms with Crippen LogP contribution in [0.2, 0.25) is 0 Å². The summed E-state index contributed by atoms with van der Waals surface area (Å²) in [7, 11) is 1.52. The summed E-state index contributed by atoms with van der Waals surface area (Å²) in [6.07, 6.45) is 1.62. The fourth-order valence-electron chi connectivity index (χ4n) is 1.29. The Labute approximate surface area is 85.1 Å². The molecule has 6 nitrogen and oxygen atoms in total. The normalized spacial score (nSPS) is 10.5. The number of rotatable bonds is 2. The molecule has 0 atom stereocenters. The molecule has 0 bridgehead atoms. The van der Waals surface area contributed by atoms with Crippen molar-refractivity contribution in [1.82, 2.24) is 19.5 Å². The Morgan fingerprint density at radius 3 is 3.00 bits per heavy atom. The Balaban J connectivity index is 2.49. The van der Waals surface area contributed by atoms with Gasteiger partial charge in [0.05, 0.1) is 0 Å². The van der Waals surface area contributed by atoms with Crippen LogP contribution in [-0.2, 0) is 11.3 Å². The molecule has 0 aliphatic heterocycles. The van der Waals surface area contributed by atoms with Crippen molar-refractivity contribution in [2.24, 2.45) is 0 Å². The number of hydrogen-bond donors (Lipinski definition) is 1. The minimum absolute atomic E-state index is 0.0585. The van der Waals surface area contributed by atoms with E-state index < -0.39 is 0 Å². The Hall–Kier alpha value is -2.11. The van der Waals surface area contributed by atoms with Crippen LogP contribution in [-0.4, -0.2) is 27.1 Å². The third kappa shape index (κ3) is 1.61. The average molecular weight is 206 g/mol. The Kier molecular flexibility index (Phi) is 2.24. The predicted molar refractivity (Wildman–Crippen MR) is 53.5 cm³/mol. The van der Waals surface area contributed by atoms with Crippen molar-refractivity contribution in [3.05, 3.63) is 34.9 Å². The molecule has 0 aliphatic carbocycles. The van der Waals surface area contributed by atoms with Crippen LogP contribution in [0, 0.1) is 0 Å².